The second-order valence-electron chi connectivity index (χ2n) is 14.3. The van der Waals surface area contributed by atoms with Gasteiger partial charge in [-0.05, 0) is 91.8 Å². The molecule has 0 spiro atoms. The zero-order valence-electron chi connectivity index (χ0n) is 32.2. The first kappa shape index (κ1) is 40.9. The lowest BCUT2D eigenvalue weighted by molar-refractivity contribution is -0.386. The van der Waals surface area contributed by atoms with Gasteiger partial charge < -0.3 is 14.5 Å². The van der Waals surface area contributed by atoms with Gasteiger partial charge in [0.1, 0.15) is 12.4 Å². The SMILES string of the molecule is CN(C)CC[C@H](CSc1ccccc1)Oc1ccc(S(=O)(=O)Nc2ncnc3cc(N4CCN(Cc5ccccc5-c5ccc(Cl)cc5)CC4)ccc23)cc1[N+](=O)[O-]. The molecule has 0 bridgehead atoms. The third-order valence-corrected chi connectivity index (χ3v) is 12.7. The number of hydrogen-bond donors (Lipinski definition) is 1. The zero-order chi connectivity index (χ0) is 40.6. The van der Waals surface area contributed by atoms with Gasteiger partial charge in [-0.2, -0.15) is 0 Å². The lowest BCUT2D eigenvalue weighted by atomic mass is 9.99. The van der Waals surface area contributed by atoms with Gasteiger partial charge in [0.05, 0.1) is 15.3 Å². The van der Waals surface area contributed by atoms with Crippen molar-refractivity contribution >= 4 is 61.5 Å². The Morgan fingerprint density at radius 1 is 0.914 bits per heavy atom. The van der Waals surface area contributed by atoms with E-state index in [-0.39, 0.29) is 22.6 Å². The number of ether oxygens (including phenoxy) is 1. The van der Waals surface area contributed by atoms with E-state index in [4.69, 9.17) is 16.3 Å². The number of hydrogen-bond acceptors (Lipinski definition) is 11. The Morgan fingerprint density at radius 3 is 2.40 bits per heavy atom. The molecule has 1 aromatic heterocycles. The number of benzene rings is 5. The largest absolute Gasteiger partial charge is 0.483 e. The lowest BCUT2D eigenvalue weighted by Crippen LogP contribution is -2.46. The van der Waals surface area contributed by atoms with Crippen molar-refractivity contribution in [3.05, 3.63) is 142 Å². The van der Waals surface area contributed by atoms with Crippen LogP contribution in [-0.4, -0.2) is 91.8 Å². The molecule has 2 heterocycles. The second kappa shape index (κ2) is 18.6. The first-order valence-electron chi connectivity index (χ1n) is 18.9. The summed E-state index contributed by atoms with van der Waals surface area (Å²) in [6.45, 7) is 4.87. The van der Waals surface area contributed by atoms with Gasteiger partial charge in [0.2, 0.25) is 0 Å². The number of thioether (sulfide) groups is 1. The maximum absolute atomic E-state index is 13.7. The lowest BCUT2D eigenvalue weighted by Gasteiger charge is -2.36. The maximum Gasteiger partial charge on any atom is 0.312 e. The fourth-order valence-electron chi connectivity index (χ4n) is 6.85. The van der Waals surface area contributed by atoms with Crippen molar-refractivity contribution in [1.29, 1.82) is 0 Å². The van der Waals surface area contributed by atoms with Gasteiger partial charge in [0.25, 0.3) is 10.0 Å². The standard InChI is InChI=1S/C43H44ClN7O5S2/c1-48(2)21-20-35(29-57-36-9-4-3-5-10-36)56-42-19-17-37(27-41(42)51(52)53)58(54,55)47-43-39-18-16-34(26-40(39)45-30-46-43)50-24-22-49(23-25-50)28-32-8-6-7-11-38(32)31-12-14-33(44)15-13-31/h3-19,26-27,30,35H,20-25,28-29H2,1-2H3,(H,45,46,47)/t35-/m1/s1. The molecule has 1 aliphatic heterocycles. The van der Waals surface area contributed by atoms with Crippen LogP contribution in [-0.2, 0) is 16.6 Å². The molecule has 12 nitrogen and oxygen atoms in total. The van der Waals surface area contributed by atoms with Gasteiger partial charge in [-0.1, -0.05) is 66.2 Å². The van der Waals surface area contributed by atoms with Gasteiger partial charge >= 0.3 is 5.69 Å². The van der Waals surface area contributed by atoms with Crippen LogP contribution < -0.4 is 14.4 Å². The number of aromatic nitrogens is 2. The van der Waals surface area contributed by atoms with Gasteiger partial charge in [-0.15, -0.1) is 11.8 Å². The molecule has 1 aliphatic rings. The quantitative estimate of drug-likeness (QED) is 0.0572. The summed E-state index contributed by atoms with van der Waals surface area (Å²) in [6.07, 6.45) is 1.56. The molecule has 1 atom stereocenters. The number of anilines is 2. The number of piperazine rings is 1. The monoisotopic (exact) mass is 837 g/mol. The van der Waals surface area contributed by atoms with Crippen LogP contribution in [0.3, 0.4) is 0 Å². The highest BCUT2D eigenvalue weighted by Crippen LogP contribution is 2.34. The normalized spacial score (nSPS) is 14.1. The first-order chi connectivity index (χ1) is 28.0. The number of nitrogens with zero attached hydrogens (tertiary/aromatic N) is 6. The Kier molecular flexibility index (Phi) is 13.1. The fourth-order valence-corrected chi connectivity index (χ4v) is 8.99. The molecule has 0 aliphatic carbocycles. The van der Waals surface area contributed by atoms with Gasteiger partial charge in [-0.3, -0.25) is 19.7 Å². The summed E-state index contributed by atoms with van der Waals surface area (Å²) in [5.74, 6) is 0.631. The Bertz CT molecular complexity index is 2470. The van der Waals surface area contributed by atoms with Crippen molar-refractivity contribution in [2.24, 2.45) is 0 Å². The highest BCUT2D eigenvalue weighted by atomic mass is 35.5. The molecule has 6 aromatic rings. The van der Waals surface area contributed by atoms with Crippen molar-refractivity contribution in [2.75, 3.05) is 62.2 Å². The first-order valence-corrected chi connectivity index (χ1v) is 21.7. The smallest absolute Gasteiger partial charge is 0.312 e. The van der Waals surface area contributed by atoms with Crippen LogP contribution in [0.4, 0.5) is 17.2 Å². The van der Waals surface area contributed by atoms with Crippen molar-refractivity contribution in [2.45, 2.75) is 28.9 Å². The molecular formula is C43H44ClN7O5S2. The van der Waals surface area contributed by atoms with E-state index >= 15 is 0 Å². The van der Waals surface area contributed by atoms with Crippen LogP contribution in [0.25, 0.3) is 22.0 Å². The summed E-state index contributed by atoms with van der Waals surface area (Å²) < 4.78 is 36.2. The van der Waals surface area contributed by atoms with E-state index in [1.54, 1.807) is 17.8 Å². The van der Waals surface area contributed by atoms with E-state index in [0.717, 1.165) is 54.9 Å². The number of nitrogens with one attached hydrogen (secondary N) is 1. The minimum atomic E-state index is -4.29. The van der Waals surface area contributed by atoms with Gasteiger partial charge in [-0.25, -0.2) is 18.4 Å². The summed E-state index contributed by atoms with van der Waals surface area (Å²) >= 11 is 7.73. The van der Waals surface area contributed by atoms with Crippen LogP contribution in [0.15, 0.2) is 131 Å². The van der Waals surface area contributed by atoms with Crippen molar-refractivity contribution < 1.29 is 18.1 Å². The van der Waals surface area contributed by atoms with E-state index in [0.29, 0.717) is 34.6 Å². The molecule has 1 fully saturated rings. The fraction of sp³-hybridized carbons (Fsp3) is 0.256. The molecule has 7 rings (SSSR count). The minimum Gasteiger partial charge on any atom is -0.483 e. The molecule has 0 unspecified atom stereocenters. The van der Waals surface area contributed by atoms with Crippen LogP contribution in [0, 0.1) is 10.1 Å². The van der Waals surface area contributed by atoms with E-state index in [2.05, 4.69) is 60.9 Å². The second-order valence-corrected chi connectivity index (χ2v) is 17.5. The number of sulfonamides is 1. The Labute approximate surface area is 348 Å². The van der Waals surface area contributed by atoms with E-state index in [9.17, 15) is 18.5 Å². The molecular weight excluding hydrogens is 794 g/mol. The highest BCUT2D eigenvalue weighted by Gasteiger charge is 2.26. The number of rotatable bonds is 16. The van der Waals surface area contributed by atoms with E-state index in [1.807, 2.05) is 73.6 Å². The Balaban J connectivity index is 1.02. The van der Waals surface area contributed by atoms with Gasteiger partial charge in [0, 0.05) is 72.1 Å². The summed E-state index contributed by atoms with van der Waals surface area (Å²) in [5, 5.41) is 13.5. The summed E-state index contributed by atoms with van der Waals surface area (Å²) in [5.41, 5.74) is 4.68. The molecule has 0 radical (unpaired) electrons. The summed E-state index contributed by atoms with van der Waals surface area (Å²) in [4.78, 5) is 27.9. The van der Waals surface area contributed by atoms with Gasteiger partial charge in [0.15, 0.2) is 11.6 Å². The zero-order valence-corrected chi connectivity index (χ0v) is 34.6. The molecule has 0 amide bonds. The highest BCUT2D eigenvalue weighted by molar-refractivity contribution is 7.99. The number of fused-ring (bicyclic) bond motifs is 1. The van der Waals surface area contributed by atoms with Crippen LogP contribution in [0.2, 0.25) is 5.02 Å². The van der Waals surface area contributed by atoms with Crippen LogP contribution in [0.1, 0.15) is 12.0 Å². The van der Waals surface area contributed by atoms with Crippen LogP contribution in [0.5, 0.6) is 5.75 Å². The third-order valence-electron chi connectivity index (χ3n) is 9.96. The number of nitro groups is 1. The van der Waals surface area contributed by atoms with E-state index in [1.165, 1.54) is 29.6 Å². The number of halogens is 1. The average molecular weight is 838 g/mol. The topological polar surface area (TPSA) is 134 Å². The molecule has 0 saturated carbocycles. The Hall–Kier alpha value is -5.25. The maximum atomic E-state index is 13.7. The molecule has 300 valence electrons. The average Bonchev–Trinajstić information content (AvgIpc) is 3.23. The summed E-state index contributed by atoms with van der Waals surface area (Å²) in [7, 11) is -0.394. The van der Waals surface area contributed by atoms with Crippen LogP contribution >= 0.6 is 23.4 Å². The predicted molar refractivity (Wildman–Crippen MR) is 233 cm³/mol. The van der Waals surface area contributed by atoms with E-state index < -0.39 is 20.6 Å². The molecule has 15 heteroatoms. The summed E-state index contributed by atoms with van der Waals surface area (Å²) in [6, 6.07) is 35.6. The van der Waals surface area contributed by atoms with Crippen molar-refractivity contribution in [1.82, 2.24) is 19.8 Å². The van der Waals surface area contributed by atoms with Crippen molar-refractivity contribution in [3.63, 3.8) is 0 Å². The minimum absolute atomic E-state index is 0.00460. The molecule has 58 heavy (non-hydrogen) atoms. The van der Waals surface area contributed by atoms with Crippen molar-refractivity contribution in [3.8, 4) is 16.9 Å². The molecule has 1 N–H and O–H groups in total. The molecule has 5 aromatic carbocycles. The molecule has 1 saturated heterocycles. The Morgan fingerprint density at radius 2 is 1.66 bits per heavy atom. The number of nitro benzene ring substituents is 1. The predicted octanol–water partition coefficient (Wildman–Crippen LogP) is 8.47. The third kappa shape index (κ3) is 10.2.